The van der Waals surface area contributed by atoms with E-state index in [9.17, 15) is 5.11 Å². The first kappa shape index (κ1) is 13.6. The van der Waals surface area contributed by atoms with E-state index in [0.717, 1.165) is 0 Å². The Bertz CT molecular complexity index is 557. The lowest BCUT2D eigenvalue weighted by molar-refractivity contribution is 0.213. The second-order valence-corrected chi connectivity index (χ2v) is 4.31. The van der Waals surface area contributed by atoms with Crippen LogP contribution in [0.3, 0.4) is 0 Å². The monoisotopic (exact) mass is 279 g/mol. The van der Waals surface area contributed by atoms with Crippen molar-refractivity contribution in [1.82, 2.24) is 4.98 Å². The van der Waals surface area contributed by atoms with E-state index < -0.39 is 6.10 Å². The van der Waals surface area contributed by atoms with Crippen LogP contribution in [0.1, 0.15) is 17.2 Å². The number of methoxy groups -OCH3 is 2. The molecule has 0 aliphatic heterocycles. The molecule has 0 spiro atoms. The quantitative estimate of drug-likeness (QED) is 0.875. The summed E-state index contributed by atoms with van der Waals surface area (Å²) >= 11 is 5.73. The topological polar surface area (TPSA) is 51.6 Å². The highest BCUT2D eigenvalue weighted by molar-refractivity contribution is 6.29. The smallest absolute Gasteiger partial charge is 0.129 e. The van der Waals surface area contributed by atoms with Crippen LogP contribution >= 0.6 is 11.6 Å². The molecule has 1 heterocycles. The largest absolute Gasteiger partial charge is 0.497 e. The SMILES string of the molecule is COc1ccc(OC)c(C(O)c2ccc(Cl)nc2)c1. The molecule has 2 aromatic rings. The second kappa shape index (κ2) is 5.91. The summed E-state index contributed by atoms with van der Waals surface area (Å²) in [6, 6.07) is 8.61. The summed E-state index contributed by atoms with van der Waals surface area (Å²) in [7, 11) is 3.12. The number of hydrogen-bond acceptors (Lipinski definition) is 4. The zero-order chi connectivity index (χ0) is 13.8. The molecular weight excluding hydrogens is 266 g/mol. The number of aromatic nitrogens is 1. The predicted molar refractivity (Wildman–Crippen MR) is 72.9 cm³/mol. The molecule has 100 valence electrons. The number of ether oxygens (including phenoxy) is 2. The molecule has 1 aromatic heterocycles. The lowest BCUT2D eigenvalue weighted by Crippen LogP contribution is -2.03. The number of benzene rings is 1. The molecule has 5 heteroatoms. The van der Waals surface area contributed by atoms with E-state index >= 15 is 0 Å². The predicted octanol–water partition coefficient (Wildman–Crippen LogP) is 2.83. The molecule has 1 unspecified atom stereocenters. The van der Waals surface area contributed by atoms with Gasteiger partial charge in [-0.2, -0.15) is 0 Å². The third-order valence-corrected chi connectivity index (χ3v) is 3.02. The lowest BCUT2D eigenvalue weighted by Gasteiger charge is -2.16. The normalized spacial score (nSPS) is 12.0. The van der Waals surface area contributed by atoms with Gasteiger partial charge in [0.1, 0.15) is 22.8 Å². The van der Waals surface area contributed by atoms with E-state index in [2.05, 4.69) is 4.98 Å². The van der Waals surface area contributed by atoms with Crippen LogP contribution in [0.4, 0.5) is 0 Å². The van der Waals surface area contributed by atoms with Gasteiger partial charge in [-0.1, -0.05) is 17.7 Å². The Morgan fingerprint density at radius 2 is 1.95 bits per heavy atom. The Hall–Kier alpha value is -1.78. The van der Waals surface area contributed by atoms with Crippen LogP contribution < -0.4 is 9.47 Å². The van der Waals surface area contributed by atoms with Gasteiger partial charge in [0.15, 0.2) is 0 Å². The maximum absolute atomic E-state index is 10.4. The minimum atomic E-state index is -0.852. The Morgan fingerprint density at radius 3 is 2.53 bits per heavy atom. The van der Waals surface area contributed by atoms with E-state index in [1.807, 2.05) is 0 Å². The highest BCUT2D eigenvalue weighted by atomic mass is 35.5. The molecule has 0 saturated carbocycles. The molecule has 2 rings (SSSR count). The number of aliphatic hydroxyl groups excluding tert-OH is 1. The minimum absolute atomic E-state index is 0.383. The van der Waals surface area contributed by atoms with Crippen molar-refractivity contribution in [3.05, 3.63) is 52.8 Å². The van der Waals surface area contributed by atoms with Gasteiger partial charge in [0, 0.05) is 17.3 Å². The average molecular weight is 280 g/mol. The van der Waals surface area contributed by atoms with Gasteiger partial charge in [-0.3, -0.25) is 0 Å². The first-order valence-corrected chi connectivity index (χ1v) is 6.05. The van der Waals surface area contributed by atoms with Gasteiger partial charge >= 0.3 is 0 Å². The highest BCUT2D eigenvalue weighted by Gasteiger charge is 2.16. The number of nitrogens with zero attached hydrogens (tertiary/aromatic N) is 1. The van der Waals surface area contributed by atoms with Crippen LogP contribution in [0.25, 0.3) is 0 Å². The third-order valence-electron chi connectivity index (χ3n) is 2.80. The number of halogens is 1. The standard InChI is InChI=1S/C14H14ClNO3/c1-18-10-4-5-12(19-2)11(7-10)14(17)9-3-6-13(15)16-8-9/h3-8,14,17H,1-2H3. The van der Waals surface area contributed by atoms with Crippen LogP contribution in [-0.2, 0) is 0 Å². The third kappa shape index (κ3) is 2.97. The summed E-state index contributed by atoms with van der Waals surface area (Å²) in [6.07, 6.45) is 0.682. The Balaban J connectivity index is 2.41. The first-order valence-electron chi connectivity index (χ1n) is 5.67. The zero-order valence-corrected chi connectivity index (χ0v) is 11.4. The van der Waals surface area contributed by atoms with Crippen molar-refractivity contribution in [1.29, 1.82) is 0 Å². The number of pyridine rings is 1. The Kier molecular flexibility index (Phi) is 4.24. The van der Waals surface area contributed by atoms with E-state index in [1.165, 1.54) is 6.20 Å². The molecular formula is C14H14ClNO3. The molecule has 1 aromatic carbocycles. The van der Waals surface area contributed by atoms with Gasteiger partial charge in [0.25, 0.3) is 0 Å². The van der Waals surface area contributed by atoms with E-state index in [0.29, 0.717) is 27.8 Å². The molecule has 19 heavy (non-hydrogen) atoms. The van der Waals surface area contributed by atoms with Crippen molar-refractivity contribution in [3.63, 3.8) is 0 Å². The molecule has 0 saturated heterocycles. The van der Waals surface area contributed by atoms with Crippen molar-refractivity contribution in [3.8, 4) is 11.5 Å². The van der Waals surface area contributed by atoms with Crippen molar-refractivity contribution in [2.75, 3.05) is 14.2 Å². The fourth-order valence-electron chi connectivity index (χ4n) is 1.78. The van der Waals surface area contributed by atoms with E-state index in [-0.39, 0.29) is 0 Å². The second-order valence-electron chi connectivity index (χ2n) is 3.92. The van der Waals surface area contributed by atoms with Gasteiger partial charge in [-0.15, -0.1) is 0 Å². The molecule has 0 aliphatic rings. The molecule has 4 nitrogen and oxygen atoms in total. The van der Waals surface area contributed by atoms with Crippen LogP contribution in [0.2, 0.25) is 5.15 Å². The number of rotatable bonds is 4. The Labute approximate surface area is 116 Å². The first-order chi connectivity index (χ1) is 9.15. The van der Waals surface area contributed by atoms with Crippen molar-refractivity contribution >= 4 is 11.6 Å². The van der Waals surface area contributed by atoms with E-state index in [1.54, 1.807) is 44.6 Å². The summed E-state index contributed by atoms with van der Waals surface area (Å²) in [5.41, 5.74) is 1.25. The van der Waals surface area contributed by atoms with Crippen molar-refractivity contribution < 1.29 is 14.6 Å². The maximum Gasteiger partial charge on any atom is 0.129 e. The fourth-order valence-corrected chi connectivity index (χ4v) is 1.89. The highest BCUT2D eigenvalue weighted by Crippen LogP contribution is 2.32. The summed E-state index contributed by atoms with van der Waals surface area (Å²) in [4.78, 5) is 3.96. The van der Waals surface area contributed by atoms with Gasteiger partial charge in [0.05, 0.1) is 14.2 Å². The molecule has 1 N–H and O–H groups in total. The summed E-state index contributed by atoms with van der Waals surface area (Å²) in [5, 5.41) is 10.8. The van der Waals surface area contributed by atoms with Gasteiger partial charge in [-0.05, 0) is 24.3 Å². The fraction of sp³-hybridized carbons (Fsp3) is 0.214. The lowest BCUT2D eigenvalue weighted by atomic mass is 10.0. The van der Waals surface area contributed by atoms with Crippen molar-refractivity contribution in [2.45, 2.75) is 6.10 Å². The van der Waals surface area contributed by atoms with E-state index in [4.69, 9.17) is 21.1 Å². The van der Waals surface area contributed by atoms with Crippen LogP contribution in [0, 0.1) is 0 Å². The summed E-state index contributed by atoms with van der Waals surface area (Å²) in [6.45, 7) is 0. The molecule has 0 amide bonds. The van der Waals surface area contributed by atoms with Crippen LogP contribution in [-0.4, -0.2) is 24.3 Å². The molecule has 0 radical (unpaired) electrons. The number of hydrogen-bond donors (Lipinski definition) is 1. The van der Waals surface area contributed by atoms with Crippen molar-refractivity contribution in [2.24, 2.45) is 0 Å². The molecule has 0 aliphatic carbocycles. The average Bonchev–Trinajstić information content (AvgIpc) is 2.46. The maximum atomic E-state index is 10.4. The zero-order valence-electron chi connectivity index (χ0n) is 10.6. The van der Waals surface area contributed by atoms with Gasteiger partial charge in [-0.25, -0.2) is 4.98 Å². The molecule has 0 fully saturated rings. The van der Waals surface area contributed by atoms with Crippen LogP contribution in [0.5, 0.6) is 11.5 Å². The summed E-state index contributed by atoms with van der Waals surface area (Å²) in [5.74, 6) is 1.24. The van der Waals surface area contributed by atoms with Gasteiger partial charge in [0.2, 0.25) is 0 Å². The minimum Gasteiger partial charge on any atom is -0.497 e. The summed E-state index contributed by atoms with van der Waals surface area (Å²) < 4.78 is 10.4. The van der Waals surface area contributed by atoms with Crippen LogP contribution in [0.15, 0.2) is 36.5 Å². The number of aliphatic hydroxyl groups is 1. The van der Waals surface area contributed by atoms with Gasteiger partial charge < -0.3 is 14.6 Å². The molecule has 1 atom stereocenters. The molecule has 0 bridgehead atoms. The Morgan fingerprint density at radius 1 is 1.16 bits per heavy atom.